The Labute approximate surface area is 177 Å². The van der Waals surface area contributed by atoms with Crippen LogP contribution in [0.15, 0.2) is 54.6 Å². The lowest BCUT2D eigenvalue weighted by Crippen LogP contribution is -2.53. The lowest BCUT2D eigenvalue weighted by Gasteiger charge is -2.38. The summed E-state index contributed by atoms with van der Waals surface area (Å²) < 4.78 is 18.6. The first-order valence-electron chi connectivity index (χ1n) is 10.4. The second-order valence-electron chi connectivity index (χ2n) is 8.84. The van der Waals surface area contributed by atoms with Crippen LogP contribution in [0.5, 0.6) is 5.75 Å². The average Bonchev–Trinajstić information content (AvgIpc) is 2.69. The van der Waals surface area contributed by atoms with Gasteiger partial charge in [0.1, 0.15) is 23.8 Å². The number of amides is 1. The number of nitrogens with one attached hydrogen (secondary N) is 1. The Morgan fingerprint density at radius 1 is 1.13 bits per heavy atom. The lowest BCUT2D eigenvalue weighted by molar-refractivity contribution is -0.125. The fraction of sp³-hybridized carbons (Fsp3) is 0.458. The van der Waals surface area contributed by atoms with E-state index < -0.39 is 5.60 Å². The number of carbonyl (C=O) groups is 1. The van der Waals surface area contributed by atoms with Gasteiger partial charge in [-0.3, -0.25) is 9.69 Å². The molecule has 0 aliphatic carbocycles. The number of likely N-dealkylation sites (tertiary alicyclic amines) is 1. The van der Waals surface area contributed by atoms with Gasteiger partial charge in [-0.05, 0) is 62.9 Å². The van der Waals surface area contributed by atoms with Crippen molar-refractivity contribution >= 4 is 5.91 Å². The zero-order valence-corrected chi connectivity index (χ0v) is 17.7. The molecule has 1 heterocycles. The van der Waals surface area contributed by atoms with Gasteiger partial charge in [0.25, 0.3) is 0 Å². The van der Waals surface area contributed by atoms with E-state index in [0.29, 0.717) is 38.2 Å². The maximum atomic E-state index is 13.0. The minimum atomic E-state index is -0.937. The highest BCUT2D eigenvalue weighted by molar-refractivity contribution is 5.78. The Morgan fingerprint density at radius 3 is 2.40 bits per heavy atom. The minimum Gasteiger partial charge on any atom is -0.491 e. The molecule has 0 bridgehead atoms. The zero-order chi connectivity index (χ0) is 21.6. The Bertz CT molecular complexity index is 816. The third-order valence-corrected chi connectivity index (χ3v) is 5.44. The first-order valence-corrected chi connectivity index (χ1v) is 10.4. The number of halogens is 1. The first-order chi connectivity index (χ1) is 14.2. The van der Waals surface area contributed by atoms with Crippen LogP contribution in [0.25, 0.3) is 0 Å². The van der Waals surface area contributed by atoms with Crippen LogP contribution in [-0.2, 0) is 11.2 Å². The van der Waals surface area contributed by atoms with Crippen molar-refractivity contribution in [1.82, 2.24) is 10.2 Å². The summed E-state index contributed by atoms with van der Waals surface area (Å²) in [5.74, 6) is 0.204. The molecule has 6 heteroatoms. The molecule has 2 aromatic carbocycles. The lowest BCUT2D eigenvalue weighted by atomic mass is 9.92. The summed E-state index contributed by atoms with van der Waals surface area (Å²) in [5, 5.41) is 13.9. The third kappa shape index (κ3) is 6.82. The summed E-state index contributed by atoms with van der Waals surface area (Å²) >= 11 is 0. The molecule has 0 aromatic heterocycles. The molecule has 0 spiro atoms. The van der Waals surface area contributed by atoms with Crippen LogP contribution in [0, 0.1) is 5.82 Å². The van der Waals surface area contributed by atoms with Gasteiger partial charge in [-0.25, -0.2) is 4.39 Å². The third-order valence-electron chi connectivity index (χ3n) is 5.44. The van der Waals surface area contributed by atoms with E-state index in [1.807, 2.05) is 32.0 Å². The summed E-state index contributed by atoms with van der Waals surface area (Å²) in [4.78, 5) is 14.6. The van der Waals surface area contributed by atoms with Crippen LogP contribution in [-0.4, -0.2) is 53.3 Å². The second kappa shape index (κ2) is 9.58. The number of benzene rings is 2. The average molecular weight is 415 g/mol. The number of hydrogen-bond donors (Lipinski definition) is 2. The molecular formula is C24H31FN2O3. The summed E-state index contributed by atoms with van der Waals surface area (Å²) in [6.07, 6.45) is 1.81. The Balaban J connectivity index is 1.42. The molecule has 1 aliphatic heterocycles. The van der Waals surface area contributed by atoms with Crippen molar-refractivity contribution < 1.29 is 19.0 Å². The minimum absolute atomic E-state index is 0.0102. The molecular weight excluding hydrogens is 383 g/mol. The van der Waals surface area contributed by atoms with Crippen LogP contribution >= 0.6 is 0 Å². The van der Waals surface area contributed by atoms with Gasteiger partial charge in [-0.2, -0.15) is 0 Å². The van der Waals surface area contributed by atoms with Crippen molar-refractivity contribution in [2.24, 2.45) is 0 Å². The van der Waals surface area contributed by atoms with Crippen LogP contribution < -0.4 is 10.1 Å². The summed E-state index contributed by atoms with van der Waals surface area (Å²) in [5.41, 5.74) is -0.0849. The fourth-order valence-electron chi connectivity index (χ4n) is 3.79. The molecule has 0 unspecified atom stereocenters. The van der Waals surface area contributed by atoms with E-state index in [4.69, 9.17) is 4.74 Å². The number of ether oxygens (including phenoxy) is 1. The largest absolute Gasteiger partial charge is 0.491 e. The Kier molecular flexibility index (Phi) is 7.10. The van der Waals surface area contributed by atoms with Gasteiger partial charge in [0.05, 0.1) is 6.54 Å². The van der Waals surface area contributed by atoms with E-state index >= 15 is 0 Å². The number of nitrogens with zero attached hydrogens (tertiary/aromatic N) is 1. The standard InChI is InChI=1S/C24H31FN2O3/c1-23(2,16-19-6-4-3-5-7-19)26-22(28)17-27-14-12-24(29,13-15-27)18-30-21-10-8-20(25)9-11-21/h3-11,29H,12-18H2,1-2H3,(H,26,28). The fourth-order valence-corrected chi connectivity index (χ4v) is 3.79. The molecule has 1 saturated heterocycles. The number of rotatable bonds is 8. The highest BCUT2D eigenvalue weighted by atomic mass is 19.1. The van der Waals surface area contributed by atoms with Crippen LogP contribution in [0.2, 0.25) is 0 Å². The Morgan fingerprint density at radius 2 is 1.77 bits per heavy atom. The number of aliphatic hydroxyl groups is 1. The quantitative estimate of drug-likeness (QED) is 0.697. The van der Waals surface area contributed by atoms with E-state index in [-0.39, 0.29) is 23.9 Å². The molecule has 3 rings (SSSR count). The summed E-state index contributed by atoms with van der Waals surface area (Å²) in [6.45, 7) is 5.76. The SMILES string of the molecule is CC(C)(Cc1ccccc1)NC(=O)CN1CCC(O)(COc2ccc(F)cc2)CC1. The molecule has 162 valence electrons. The van der Waals surface area contributed by atoms with Crippen molar-refractivity contribution in [3.8, 4) is 5.75 Å². The molecule has 1 aliphatic rings. The van der Waals surface area contributed by atoms with Gasteiger partial charge in [0, 0.05) is 18.6 Å². The molecule has 5 nitrogen and oxygen atoms in total. The van der Waals surface area contributed by atoms with Gasteiger partial charge >= 0.3 is 0 Å². The summed E-state index contributed by atoms with van der Waals surface area (Å²) in [7, 11) is 0. The van der Waals surface area contributed by atoms with Crippen LogP contribution in [0.1, 0.15) is 32.3 Å². The van der Waals surface area contributed by atoms with Gasteiger partial charge in [0.15, 0.2) is 0 Å². The number of carbonyl (C=O) groups excluding carboxylic acids is 1. The van der Waals surface area contributed by atoms with E-state index in [1.165, 1.54) is 17.7 Å². The monoisotopic (exact) mass is 414 g/mol. The van der Waals surface area contributed by atoms with Crippen molar-refractivity contribution in [1.29, 1.82) is 0 Å². The summed E-state index contributed by atoms with van der Waals surface area (Å²) in [6, 6.07) is 15.9. The predicted molar refractivity (Wildman–Crippen MR) is 115 cm³/mol. The molecule has 30 heavy (non-hydrogen) atoms. The highest BCUT2D eigenvalue weighted by Gasteiger charge is 2.34. The van der Waals surface area contributed by atoms with Gasteiger partial charge in [-0.1, -0.05) is 30.3 Å². The van der Waals surface area contributed by atoms with E-state index in [1.54, 1.807) is 12.1 Å². The van der Waals surface area contributed by atoms with Gasteiger partial charge < -0.3 is 15.2 Å². The maximum absolute atomic E-state index is 13.0. The zero-order valence-electron chi connectivity index (χ0n) is 17.7. The van der Waals surface area contributed by atoms with Gasteiger partial charge in [-0.15, -0.1) is 0 Å². The molecule has 0 radical (unpaired) electrons. The molecule has 2 aromatic rings. The first kappa shape index (κ1) is 22.2. The predicted octanol–water partition coefficient (Wildman–Crippen LogP) is 3.17. The van der Waals surface area contributed by atoms with Crippen LogP contribution in [0.4, 0.5) is 4.39 Å². The molecule has 0 saturated carbocycles. The van der Waals surface area contributed by atoms with Crippen molar-refractivity contribution in [3.63, 3.8) is 0 Å². The normalized spacial score (nSPS) is 16.8. The highest BCUT2D eigenvalue weighted by Crippen LogP contribution is 2.24. The van der Waals surface area contributed by atoms with Crippen LogP contribution in [0.3, 0.4) is 0 Å². The molecule has 0 atom stereocenters. The van der Waals surface area contributed by atoms with E-state index in [9.17, 15) is 14.3 Å². The van der Waals surface area contributed by atoms with Crippen molar-refractivity contribution in [2.45, 2.75) is 44.2 Å². The van der Waals surface area contributed by atoms with Crippen molar-refractivity contribution in [2.75, 3.05) is 26.2 Å². The topological polar surface area (TPSA) is 61.8 Å². The van der Waals surface area contributed by atoms with Gasteiger partial charge in [0.2, 0.25) is 5.91 Å². The van der Waals surface area contributed by atoms with E-state index in [0.717, 1.165) is 6.42 Å². The number of piperidine rings is 1. The van der Waals surface area contributed by atoms with Crippen molar-refractivity contribution in [3.05, 3.63) is 66.0 Å². The van der Waals surface area contributed by atoms with E-state index in [2.05, 4.69) is 22.3 Å². The number of hydrogen-bond acceptors (Lipinski definition) is 4. The Hall–Kier alpha value is -2.44. The molecule has 2 N–H and O–H groups in total. The molecule has 1 amide bonds. The maximum Gasteiger partial charge on any atom is 0.234 e. The second-order valence-corrected chi connectivity index (χ2v) is 8.84. The smallest absolute Gasteiger partial charge is 0.234 e. The molecule has 1 fully saturated rings.